The van der Waals surface area contributed by atoms with Crippen LogP contribution in [-0.2, 0) is 17.6 Å². The van der Waals surface area contributed by atoms with Crippen LogP contribution in [0.3, 0.4) is 0 Å². The van der Waals surface area contributed by atoms with Crippen molar-refractivity contribution in [3.8, 4) is 11.5 Å². The van der Waals surface area contributed by atoms with Gasteiger partial charge in [-0.15, -0.1) is 0 Å². The third-order valence-corrected chi connectivity index (χ3v) is 8.31. The summed E-state index contributed by atoms with van der Waals surface area (Å²) in [6.45, 7) is 2.49. The fourth-order valence-electron chi connectivity index (χ4n) is 5.92. The number of anilines is 2. The molecule has 11 nitrogen and oxygen atoms in total. The summed E-state index contributed by atoms with van der Waals surface area (Å²) < 4.78 is 0.895. The number of nitrogens with one attached hydrogen (secondary N) is 1. The Balaban J connectivity index is 1.27. The van der Waals surface area contributed by atoms with E-state index in [-0.39, 0.29) is 35.3 Å². The largest absolute Gasteiger partial charge is 0.508 e. The molecule has 5 N–H and O–H groups in total. The molecule has 0 radical (unpaired) electrons. The molecule has 0 bridgehead atoms. The smallest absolute Gasteiger partial charge is 0.343 e. The molecule has 3 aliphatic rings. The number of halogens is 1. The van der Waals surface area contributed by atoms with E-state index in [1.807, 2.05) is 9.80 Å². The van der Waals surface area contributed by atoms with Crippen molar-refractivity contribution in [2.45, 2.75) is 44.6 Å². The van der Waals surface area contributed by atoms with Crippen LogP contribution in [0.4, 0.5) is 16.3 Å². The van der Waals surface area contributed by atoms with E-state index in [4.69, 9.17) is 10.7 Å². The number of benzene rings is 1. The van der Waals surface area contributed by atoms with Crippen molar-refractivity contribution in [3.63, 3.8) is 0 Å². The number of aliphatic imine (C=N–C) groups is 1. The van der Waals surface area contributed by atoms with Crippen LogP contribution in [0.5, 0.6) is 11.5 Å². The molecule has 2 saturated heterocycles. The van der Waals surface area contributed by atoms with Gasteiger partial charge in [-0.25, -0.2) is 9.78 Å². The number of fused-ring (bicyclic) bond motifs is 2. The standard InChI is InChI=1S/C27H34BrN7O4/c1-30-27(39)32-26(29)34-7-4-16(15-34)10-23(38)33-8-5-20(6-9-33)35-24-17(12-21(36)13-22(24)37)2-3-18-11-19(28)14-31-25(18)35/h11-14,16,20,36-37H,2-10,15H2,1H3,(H3,29,30,32,39). The number of rotatable bonds is 3. The first-order chi connectivity index (χ1) is 18.7. The fourth-order valence-corrected chi connectivity index (χ4v) is 6.30. The number of aromatic hydroxyl groups is 2. The predicted molar refractivity (Wildman–Crippen MR) is 151 cm³/mol. The third kappa shape index (κ3) is 5.75. The van der Waals surface area contributed by atoms with Crippen molar-refractivity contribution in [1.29, 1.82) is 0 Å². The maximum atomic E-state index is 13.2. The van der Waals surface area contributed by atoms with Crippen molar-refractivity contribution in [3.05, 3.63) is 40.0 Å². The van der Waals surface area contributed by atoms with E-state index in [1.54, 1.807) is 12.3 Å². The SMILES string of the molecule is CNC(=O)/N=C(\N)N1CCC(CC(=O)N2CCC(N3c4ncc(Br)cc4CCc4cc(O)cc(O)c43)CC2)C1. The number of carbonyl (C=O) groups excluding carboxylic acids is 2. The van der Waals surface area contributed by atoms with E-state index in [2.05, 4.69) is 37.2 Å². The van der Waals surface area contributed by atoms with E-state index >= 15 is 0 Å². The number of aromatic nitrogens is 1. The zero-order chi connectivity index (χ0) is 27.7. The topological polar surface area (TPSA) is 148 Å². The van der Waals surface area contributed by atoms with E-state index in [0.29, 0.717) is 44.7 Å². The molecule has 12 heteroatoms. The summed E-state index contributed by atoms with van der Waals surface area (Å²) in [5.41, 5.74) is 8.60. The number of nitrogens with zero attached hydrogens (tertiary/aromatic N) is 5. The molecule has 0 aliphatic carbocycles. The number of amides is 3. The number of aryl methyl sites for hydroxylation is 2. The van der Waals surface area contributed by atoms with Gasteiger partial charge in [-0.1, -0.05) is 0 Å². The molecule has 3 aliphatic heterocycles. The van der Waals surface area contributed by atoms with Gasteiger partial charge >= 0.3 is 6.03 Å². The highest BCUT2D eigenvalue weighted by Crippen LogP contribution is 2.45. The number of piperidine rings is 1. The maximum absolute atomic E-state index is 13.2. The minimum Gasteiger partial charge on any atom is -0.508 e. The number of phenolic OH excluding ortho intramolecular Hbond substituents is 2. The molecule has 4 heterocycles. The van der Waals surface area contributed by atoms with Gasteiger partial charge in [-0.2, -0.15) is 4.99 Å². The lowest BCUT2D eigenvalue weighted by molar-refractivity contribution is -0.133. The first-order valence-corrected chi connectivity index (χ1v) is 14.1. The van der Waals surface area contributed by atoms with Crippen molar-refractivity contribution >= 4 is 45.3 Å². The van der Waals surface area contributed by atoms with Gasteiger partial charge in [0.05, 0.1) is 5.69 Å². The molecule has 1 unspecified atom stereocenters. The van der Waals surface area contributed by atoms with E-state index in [9.17, 15) is 19.8 Å². The van der Waals surface area contributed by atoms with Crippen LogP contribution in [0.15, 0.2) is 33.9 Å². The molecule has 1 aromatic heterocycles. The molecular weight excluding hydrogens is 566 g/mol. The van der Waals surface area contributed by atoms with Gasteiger partial charge in [0.1, 0.15) is 17.3 Å². The first-order valence-electron chi connectivity index (χ1n) is 13.3. The summed E-state index contributed by atoms with van der Waals surface area (Å²) in [6, 6.07) is 4.71. The maximum Gasteiger partial charge on any atom is 0.343 e. The third-order valence-electron chi connectivity index (χ3n) is 7.88. The molecule has 39 heavy (non-hydrogen) atoms. The fraction of sp³-hybridized carbons (Fsp3) is 0.481. The summed E-state index contributed by atoms with van der Waals surface area (Å²) in [4.78, 5) is 39.1. The first kappa shape index (κ1) is 27.0. The Morgan fingerprint density at radius 1 is 1.10 bits per heavy atom. The summed E-state index contributed by atoms with van der Waals surface area (Å²) >= 11 is 3.53. The average Bonchev–Trinajstić information content (AvgIpc) is 3.31. The highest BCUT2D eigenvalue weighted by molar-refractivity contribution is 9.10. The Morgan fingerprint density at radius 3 is 2.56 bits per heavy atom. The molecule has 3 amide bonds. The molecule has 0 saturated carbocycles. The lowest BCUT2D eigenvalue weighted by Gasteiger charge is -2.40. The van der Waals surface area contributed by atoms with E-state index < -0.39 is 6.03 Å². The van der Waals surface area contributed by atoms with E-state index in [1.165, 1.54) is 13.1 Å². The highest BCUT2D eigenvalue weighted by Gasteiger charge is 2.35. The Kier molecular flexibility index (Phi) is 7.83. The minimum atomic E-state index is -0.488. The summed E-state index contributed by atoms with van der Waals surface area (Å²) in [5.74, 6) is 1.34. The van der Waals surface area contributed by atoms with Gasteiger partial charge in [-0.3, -0.25) is 4.79 Å². The Labute approximate surface area is 235 Å². The number of carbonyl (C=O) groups is 2. The molecule has 208 valence electrons. The number of hydrogen-bond donors (Lipinski definition) is 4. The molecule has 0 spiro atoms. The number of urea groups is 1. The average molecular weight is 601 g/mol. The van der Waals surface area contributed by atoms with Gasteiger partial charge in [0.25, 0.3) is 0 Å². The quantitative estimate of drug-likeness (QED) is 0.311. The van der Waals surface area contributed by atoms with E-state index in [0.717, 1.165) is 47.1 Å². The number of nitrogens with two attached hydrogens (primary N) is 1. The molecule has 1 atom stereocenters. The van der Waals surface area contributed by atoms with Crippen molar-refractivity contribution in [2.75, 3.05) is 38.1 Å². The molecule has 5 rings (SSSR count). The van der Waals surface area contributed by atoms with Crippen LogP contribution in [0.1, 0.15) is 36.8 Å². The van der Waals surface area contributed by atoms with Crippen molar-refractivity contribution < 1.29 is 19.8 Å². The van der Waals surface area contributed by atoms with Crippen LogP contribution in [0, 0.1) is 5.92 Å². The zero-order valence-electron chi connectivity index (χ0n) is 21.9. The van der Waals surface area contributed by atoms with Crippen LogP contribution in [-0.4, -0.2) is 82.2 Å². The minimum absolute atomic E-state index is 0.0334. The number of guanidine groups is 1. The molecular formula is C27H34BrN7O4. The zero-order valence-corrected chi connectivity index (χ0v) is 23.5. The normalized spacial score (nSPS) is 19.9. The second-order valence-corrected chi connectivity index (χ2v) is 11.3. The van der Waals surface area contributed by atoms with Gasteiger partial charge in [0.15, 0.2) is 0 Å². The Bertz CT molecular complexity index is 1300. The van der Waals surface area contributed by atoms with Gasteiger partial charge in [0, 0.05) is 62.4 Å². The second kappa shape index (κ2) is 11.3. The monoisotopic (exact) mass is 599 g/mol. The number of hydrogen-bond acceptors (Lipinski definition) is 6. The molecule has 2 aromatic rings. The summed E-state index contributed by atoms with van der Waals surface area (Å²) in [7, 11) is 1.50. The van der Waals surface area contributed by atoms with Crippen molar-refractivity contribution in [1.82, 2.24) is 20.1 Å². The highest BCUT2D eigenvalue weighted by atomic mass is 79.9. The summed E-state index contributed by atoms with van der Waals surface area (Å²) in [6.07, 6.45) is 5.88. The van der Waals surface area contributed by atoms with Gasteiger partial charge in [0.2, 0.25) is 11.9 Å². The Hall–Kier alpha value is -3.54. The van der Waals surface area contributed by atoms with Gasteiger partial charge in [-0.05, 0) is 77.2 Å². The number of phenols is 2. The summed E-state index contributed by atoms with van der Waals surface area (Å²) in [5, 5.41) is 23.5. The number of likely N-dealkylation sites (tertiary alicyclic amines) is 2. The van der Waals surface area contributed by atoms with Crippen LogP contribution >= 0.6 is 15.9 Å². The lowest BCUT2D eigenvalue weighted by atomic mass is 9.98. The van der Waals surface area contributed by atoms with Gasteiger partial charge < -0.3 is 36.0 Å². The molecule has 1 aromatic carbocycles. The molecule has 2 fully saturated rings. The second-order valence-electron chi connectivity index (χ2n) is 10.4. The lowest BCUT2D eigenvalue weighted by Crippen LogP contribution is -2.46. The van der Waals surface area contributed by atoms with Crippen LogP contribution in [0.2, 0.25) is 0 Å². The van der Waals surface area contributed by atoms with Crippen molar-refractivity contribution in [2.24, 2.45) is 16.6 Å². The Morgan fingerprint density at radius 2 is 1.82 bits per heavy atom. The number of pyridine rings is 1. The van der Waals surface area contributed by atoms with Crippen LogP contribution in [0.25, 0.3) is 0 Å². The van der Waals surface area contributed by atoms with Crippen LogP contribution < -0.4 is 16.0 Å². The predicted octanol–water partition coefficient (Wildman–Crippen LogP) is 2.85.